The molecule has 0 aromatic rings. The Kier molecular flexibility index (Phi) is 6.26. The molecule has 4 heteroatoms. The van der Waals surface area contributed by atoms with Crippen LogP contribution in [0.3, 0.4) is 0 Å². The lowest BCUT2D eigenvalue weighted by atomic mass is 11.0. The highest BCUT2D eigenvalue weighted by Crippen LogP contribution is 2.42. The fourth-order valence-electron chi connectivity index (χ4n) is 0.0481. The van der Waals surface area contributed by atoms with Crippen LogP contribution < -0.4 is 0 Å². The van der Waals surface area contributed by atoms with Crippen molar-refractivity contribution in [2.45, 2.75) is 12.3 Å². The predicted molar refractivity (Wildman–Crippen MR) is 45.5 cm³/mol. The van der Waals surface area contributed by atoms with Crippen molar-refractivity contribution in [1.82, 2.24) is 0 Å². The van der Waals surface area contributed by atoms with Crippen LogP contribution >= 0.6 is 34.4 Å². The van der Waals surface area contributed by atoms with Crippen molar-refractivity contribution in [2.24, 2.45) is 0 Å². The van der Waals surface area contributed by atoms with Crippen LogP contribution in [-0.2, 0) is 0 Å². The molecule has 4 atom stereocenters. The molecule has 0 aliphatic heterocycles. The highest BCUT2D eigenvalue weighted by atomic mass is 32.0. The summed E-state index contributed by atoms with van der Waals surface area (Å²) < 4.78 is 0. The van der Waals surface area contributed by atoms with Gasteiger partial charge in [-0.1, -0.05) is 23.5 Å². The summed E-state index contributed by atoms with van der Waals surface area (Å²) in [7, 11) is 7.60. The first-order chi connectivity index (χ1) is 2.81. The van der Waals surface area contributed by atoms with Gasteiger partial charge < -0.3 is 0 Å². The van der Waals surface area contributed by atoms with Crippen LogP contribution in [0, 0.1) is 0 Å². The van der Waals surface area contributed by atoms with Gasteiger partial charge in [0, 0.05) is 0 Å². The molecule has 0 fully saturated rings. The van der Waals surface area contributed by atoms with E-state index in [1.165, 1.54) is 0 Å². The van der Waals surface area contributed by atoms with Gasteiger partial charge in [0.1, 0.15) is 0 Å². The third-order valence-corrected chi connectivity index (χ3v) is 7.50. The Balaban J connectivity index is 2.75. The van der Waals surface area contributed by atoms with E-state index >= 15 is 0 Å². The summed E-state index contributed by atoms with van der Waals surface area (Å²) >= 11 is 0. The first-order valence-corrected chi connectivity index (χ1v) is 7.51. The molecule has 0 aliphatic carbocycles. The Morgan fingerprint density at radius 1 is 1.33 bits per heavy atom. The Morgan fingerprint density at radius 2 is 1.67 bits per heavy atom. The lowest BCUT2D eigenvalue weighted by Crippen LogP contribution is -1.68. The monoisotopic (exact) mass is 158 g/mol. The molecular formula is C2H10P4. The maximum Gasteiger partial charge on any atom is -0.00207 e. The topological polar surface area (TPSA) is 0 Å². The second kappa shape index (κ2) is 4.87. The third-order valence-electron chi connectivity index (χ3n) is 0.500. The molecule has 0 amide bonds. The molecule has 0 aromatic heterocycles. The van der Waals surface area contributed by atoms with Crippen molar-refractivity contribution in [2.75, 3.05) is 0 Å². The van der Waals surface area contributed by atoms with Gasteiger partial charge in [-0.05, 0) is 5.40 Å². The largest absolute Gasteiger partial charge is 0.114 e. The first kappa shape index (κ1) is 7.72. The van der Waals surface area contributed by atoms with Crippen LogP contribution in [0.2, 0.25) is 0 Å². The van der Waals surface area contributed by atoms with Crippen LogP contribution in [0.25, 0.3) is 0 Å². The molecule has 0 saturated heterocycles. The van der Waals surface area contributed by atoms with E-state index in [4.69, 9.17) is 0 Å². The number of hydrogen-bond acceptors (Lipinski definition) is 0. The van der Waals surface area contributed by atoms with Crippen molar-refractivity contribution in [3.05, 3.63) is 0 Å². The van der Waals surface area contributed by atoms with E-state index in [0.717, 1.165) is 21.9 Å². The molecule has 0 bridgehead atoms. The smallest absolute Gasteiger partial charge is 0.00207 e. The summed E-state index contributed by atoms with van der Waals surface area (Å²) in [5.74, 6) is 0. The quantitative estimate of drug-likeness (QED) is 0.540. The highest BCUT2D eigenvalue weighted by Gasteiger charge is 1.88. The molecule has 0 rings (SSSR count). The summed E-state index contributed by atoms with van der Waals surface area (Å²) in [4.78, 5) is 0. The van der Waals surface area contributed by atoms with Crippen molar-refractivity contribution in [3.8, 4) is 0 Å². The summed E-state index contributed by atoms with van der Waals surface area (Å²) in [5, 5.41) is 0.917. The zero-order chi connectivity index (χ0) is 4.99. The summed E-state index contributed by atoms with van der Waals surface area (Å²) in [6.45, 7) is 2.26. The van der Waals surface area contributed by atoms with Crippen LogP contribution in [0.4, 0.5) is 0 Å². The molecule has 0 aromatic carbocycles. The molecule has 0 heterocycles. The Morgan fingerprint density at radius 3 is 1.67 bits per heavy atom. The van der Waals surface area contributed by atoms with E-state index in [1.54, 1.807) is 0 Å². The number of rotatable bonds is 2. The van der Waals surface area contributed by atoms with Gasteiger partial charge in [0.25, 0.3) is 0 Å². The van der Waals surface area contributed by atoms with Gasteiger partial charge in [-0.25, -0.2) is 0 Å². The molecule has 0 N–H and O–H groups in total. The molecule has 0 aliphatic rings. The first-order valence-electron chi connectivity index (χ1n) is 1.73. The van der Waals surface area contributed by atoms with Gasteiger partial charge in [0.15, 0.2) is 0 Å². The van der Waals surface area contributed by atoms with E-state index in [-0.39, 0.29) is 0 Å². The Hall–Kier alpha value is 1.72. The van der Waals surface area contributed by atoms with E-state index in [0.29, 0.717) is 0 Å². The molecule has 6 heavy (non-hydrogen) atoms. The molecule has 0 radical (unpaired) electrons. The zero-order valence-corrected chi connectivity index (χ0v) is 8.04. The fourth-order valence-corrected chi connectivity index (χ4v) is 3.90. The standard InChI is InChI=1S/C2H10P4/c1-2(5-3)6-4/h2,5-6H,3-4H2,1H3. The predicted octanol–water partition coefficient (Wildman–Crippen LogP) is 2.27. The van der Waals surface area contributed by atoms with Gasteiger partial charge in [-0.2, -0.15) is 0 Å². The lowest BCUT2D eigenvalue weighted by Gasteiger charge is -1.99. The van der Waals surface area contributed by atoms with Gasteiger partial charge in [-0.3, -0.25) is 0 Å². The van der Waals surface area contributed by atoms with Crippen molar-refractivity contribution in [1.29, 1.82) is 0 Å². The van der Waals surface area contributed by atoms with Crippen molar-refractivity contribution < 1.29 is 0 Å². The summed E-state index contributed by atoms with van der Waals surface area (Å²) in [6, 6.07) is 0. The minimum absolute atomic E-state index is 0.917. The SMILES string of the molecule is CC(PP)PP. The number of hydrogen-bond donors (Lipinski definition) is 0. The molecule has 0 saturated carbocycles. The van der Waals surface area contributed by atoms with Crippen LogP contribution in [0.5, 0.6) is 0 Å². The highest BCUT2D eigenvalue weighted by molar-refractivity contribution is 8.13. The second-order valence-corrected chi connectivity index (χ2v) is 6.03. The van der Waals surface area contributed by atoms with Gasteiger partial charge in [0.2, 0.25) is 0 Å². The van der Waals surface area contributed by atoms with Crippen molar-refractivity contribution >= 4 is 34.4 Å². The van der Waals surface area contributed by atoms with Gasteiger partial charge in [0.05, 0.1) is 0 Å². The van der Waals surface area contributed by atoms with E-state index in [2.05, 4.69) is 24.8 Å². The minimum Gasteiger partial charge on any atom is -0.114 e. The van der Waals surface area contributed by atoms with Gasteiger partial charge in [-0.15, -0.1) is 17.9 Å². The molecular weight excluding hydrogens is 148 g/mol. The summed E-state index contributed by atoms with van der Waals surface area (Å²) in [6.07, 6.45) is 0. The van der Waals surface area contributed by atoms with Crippen molar-refractivity contribution in [3.63, 3.8) is 0 Å². The zero-order valence-electron chi connectivity index (χ0n) is 3.73. The average Bonchev–Trinajstić information content (AvgIpc) is 1.65. The maximum atomic E-state index is 2.76. The Bertz CT molecular complexity index is 24.7. The molecule has 38 valence electrons. The van der Waals surface area contributed by atoms with Crippen LogP contribution in [0.1, 0.15) is 6.92 Å². The molecule has 4 unspecified atom stereocenters. The molecule has 0 nitrogen and oxygen atoms in total. The summed E-state index contributed by atoms with van der Waals surface area (Å²) in [5.41, 5.74) is 0. The minimum atomic E-state index is 0.917. The normalized spacial score (nSPS) is 18.5. The van der Waals surface area contributed by atoms with E-state index in [1.807, 2.05) is 0 Å². The maximum absolute atomic E-state index is 2.76. The third kappa shape index (κ3) is 3.89. The molecule has 0 spiro atoms. The van der Waals surface area contributed by atoms with Gasteiger partial charge >= 0.3 is 0 Å². The Labute approximate surface area is 47.4 Å². The van der Waals surface area contributed by atoms with E-state index in [9.17, 15) is 0 Å². The average molecular weight is 158 g/mol. The van der Waals surface area contributed by atoms with Crippen LogP contribution in [-0.4, -0.2) is 5.40 Å². The van der Waals surface area contributed by atoms with Crippen LogP contribution in [0.15, 0.2) is 0 Å². The second-order valence-electron chi connectivity index (χ2n) is 1.06. The van der Waals surface area contributed by atoms with E-state index < -0.39 is 0 Å². The lowest BCUT2D eigenvalue weighted by molar-refractivity contribution is 1.43. The fraction of sp³-hybridized carbons (Fsp3) is 1.00.